The molecule has 2 spiro atoms. The first-order valence-electron chi connectivity index (χ1n) is 21.1. The molecule has 4 heterocycles. The van der Waals surface area contributed by atoms with Crippen molar-refractivity contribution in [3.8, 4) is 0 Å². The van der Waals surface area contributed by atoms with Crippen LogP contribution >= 0.6 is 0 Å². The second-order valence-electron chi connectivity index (χ2n) is 20.3. The summed E-state index contributed by atoms with van der Waals surface area (Å²) in [5.74, 6) is 1.07. The Kier molecular flexibility index (Phi) is 8.90. The molecule has 0 aromatic rings. The number of hydrogen-bond acceptors (Lipinski definition) is 10. The van der Waals surface area contributed by atoms with Gasteiger partial charge < -0.3 is 28.8 Å². The van der Waals surface area contributed by atoms with Crippen LogP contribution in [-0.2, 0) is 33.3 Å². The number of fused-ring (bicyclic) bond motifs is 4. The van der Waals surface area contributed by atoms with Gasteiger partial charge in [0, 0.05) is 45.1 Å². The van der Waals surface area contributed by atoms with E-state index >= 15 is 0 Å². The van der Waals surface area contributed by atoms with Crippen LogP contribution in [0.2, 0.25) is 0 Å². The van der Waals surface area contributed by atoms with E-state index in [1.807, 2.05) is 0 Å². The number of rotatable bonds is 7. The van der Waals surface area contributed by atoms with Gasteiger partial charge in [-0.1, -0.05) is 20.8 Å². The van der Waals surface area contributed by atoms with Crippen molar-refractivity contribution in [1.29, 1.82) is 0 Å². The van der Waals surface area contributed by atoms with Crippen molar-refractivity contribution in [3.63, 3.8) is 0 Å². The number of morpholine rings is 1. The molecule has 12 atom stereocenters. The molecule has 9 rings (SSSR count). The van der Waals surface area contributed by atoms with E-state index in [4.69, 9.17) is 23.7 Å². The molecule has 10 heteroatoms. The van der Waals surface area contributed by atoms with Gasteiger partial charge in [-0.15, -0.1) is 0 Å². The molecule has 1 N–H and O–H groups in total. The predicted molar refractivity (Wildman–Crippen MR) is 193 cm³/mol. The van der Waals surface area contributed by atoms with Crippen molar-refractivity contribution in [3.05, 3.63) is 0 Å². The third-order valence-corrected chi connectivity index (χ3v) is 17.2. The zero-order chi connectivity index (χ0) is 36.4. The summed E-state index contributed by atoms with van der Waals surface area (Å²) in [7, 11) is 0. The molecule has 0 aromatic carbocycles. The Hall–Kier alpha value is -1.14. The Morgan fingerprint density at radius 3 is 2.35 bits per heavy atom. The van der Waals surface area contributed by atoms with E-state index in [0.29, 0.717) is 35.8 Å². The fourth-order valence-electron chi connectivity index (χ4n) is 14.6. The Bertz CT molecular complexity index is 1400. The van der Waals surface area contributed by atoms with E-state index < -0.39 is 29.9 Å². The van der Waals surface area contributed by atoms with Crippen LogP contribution in [0.4, 0.5) is 0 Å². The van der Waals surface area contributed by atoms with Gasteiger partial charge in [-0.25, -0.2) is 0 Å². The summed E-state index contributed by atoms with van der Waals surface area (Å²) in [6.07, 6.45) is 10.4. The molecule has 9 aliphatic rings. The number of hydrogen-bond donors (Lipinski definition) is 1. The van der Waals surface area contributed by atoms with E-state index in [2.05, 4.69) is 30.6 Å². The molecule has 292 valence electrons. The minimum absolute atomic E-state index is 0.0252. The minimum atomic E-state index is -1.26. The van der Waals surface area contributed by atoms with Crippen molar-refractivity contribution >= 4 is 11.8 Å². The molecule has 5 saturated carbocycles. The lowest BCUT2D eigenvalue weighted by atomic mass is 9.46. The van der Waals surface area contributed by atoms with Crippen molar-refractivity contribution in [2.75, 3.05) is 46.0 Å². The number of nitrogens with zero attached hydrogens (tertiary/aromatic N) is 2. The van der Waals surface area contributed by atoms with Gasteiger partial charge in [-0.3, -0.25) is 19.4 Å². The quantitative estimate of drug-likeness (QED) is 0.361. The molecule has 5 aliphatic carbocycles. The number of aliphatic hydroxyl groups is 1. The van der Waals surface area contributed by atoms with E-state index in [1.165, 1.54) is 52.1 Å². The number of carbonyl (C=O) groups excluding carboxylic acids is 2. The van der Waals surface area contributed by atoms with Crippen molar-refractivity contribution in [2.45, 2.75) is 161 Å². The van der Waals surface area contributed by atoms with Gasteiger partial charge in [0.2, 0.25) is 0 Å². The largest absolute Gasteiger partial charge is 0.457 e. The Labute approximate surface area is 311 Å². The van der Waals surface area contributed by atoms with Gasteiger partial charge in [0.1, 0.15) is 6.10 Å². The van der Waals surface area contributed by atoms with Crippen LogP contribution in [0, 0.1) is 45.3 Å². The lowest BCUT2D eigenvalue weighted by Gasteiger charge is -2.59. The standard InChI is InChI=1S/C42H66N2O8/c1-25(45)50-37(39(4,5)47)30-9-7-29-36(51-30)35(46)34-28-8-10-31-38(2,3)32(11-14-42(31)24-41(28,42)16-15-40(29,34)6)52-33-21-44(19-20-49-33)26-12-17-43(18-13-26)27-22-48-23-27/h26-34,36-37,47H,7-24H2,1-6H3/t28?,29?,30?,31?,32-,33?,34?,36?,37?,40?,41?,42?/m0/s1. The van der Waals surface area contributed by atoms with Crippen LogP contribution in [0.5, 0.6) is 0 Å². The lowest BCUT2D eigenvalue weighted by Crippen LogP contribution is -2.58. The number of Topliss-reactive ketones (excluding diaryl/α,β-unsaturated/α-hetero) is 1. The summed E-state index contributed by atoms with van der Waals surface area (Å²) in [5.41, 5.74) is -0.726. The highest BCUT2D eigenvalue weighted by Crippen LogP contribution is 2.87. The number of piperidine rings is 1. The van der Waals surface area contributed by atoms with Gasteiger partial charge in [0.05, 0.1) is 43.7 Å². The van der Waals surface area contributed by atoms with E-state index in [-0.39, 0.29) is 46.3 Å². The highest BCUT2D eigenvalue weighted by Gasteiger charge is 2.82. The summed E-state index contributed by atoms with van der Waals surface area (Å²) >= 11 is 0. The highest BCUT2D eigenvalue weighted by atomic mass is 16.7. The van der Waals surface area contributed by atoms with Crippen molar-refractivity contribution < 1.29 is 38.4 Å². The normalized spacial score (nSPS) is 47.2. The van der Waals surface area contributed by atoms with Gasteiger partial charge in [0.25, 0.3) is 0 Å². The van der Waals surface area contributed by atoms with Crippen LogP contribution in [0.15, 0.2) is 0 Å². The van der Waals surface area contributed by atoms with E-state index in [9.17, 15) is 14.7 Å². The zero-order valence-corrected chi connectivity index (χ0v) is 32.8. The van der Waals surface area contributed by atoms with Crippen LogP contribution in [0.1, 0.15) is 112 Å². The predicted octanol–water partition coefficient (Wildman–Crippen LogP) is 4.98. The molecule has 0 radical (unpaired) electrons. The summed E-state index contributed by atoms with van der Waals surface area (Å²) in [6.45, 7) is 18.8. The zero-order valence-electron chi connectivity index (χ0n) is 32.8. The molecular weight excluding hydrogens is 660 g/mol. The number of ketones is 1. The second-order valence-corrected chi connectivity index (χ2v) is 20.3. The number of carbonyl (C=O) groups is 2. The first-order valence-corrected chi connectivity index (χ1v) is 21.1. The fraction of sp³-hybridized carbons (Fsp3) is 0.952. The molecular formula is C42H66N2O8. The number of esters is 1. The van der Waals surface area contributed by atoms with Gasteiger partial charge in [0.15, 0.2) is 18.2 Å². The van der Waals surface area contributed by atoms with Gasteiger partial charge in [-0.2, -0.15) is 0 Å². The maximum Gasteiger partial charge on any atom is 0.303 e. The van der Waals surface area contributed by atoms with Gasteiger partial charge in [-0.05, 0) is 124 Å². The SMILES string of the molecule is CC(=O)OC(C1CCC2C(O1)C(=O)C1C3CCC4C(C)(C)[C@@H](OC5CN(C6CCN(C7COC7)CC6)CCO5)CCC45CC35CCC21C)C(C)(C)O. The van der Waals surface area contributed by atoms with Crippen LogP contribution < -0.4 is 0 Å². The molecule has 4 saturated heterocycles. The number of ether oxygens (including phenoxy) is 5. The first-order chi connectivity index (χ1) is 24.7. The molecule has 9 fully saturated rings. The van der Waals surface area contributed by atoms with E-state index in [0.717, 1.165) is 65.0 Å². The van der Waals surface area contributed by atoms with Crippen LogP contribution in [0.25, 0.3) is 0 Å². The monoisotopic (exact) mass is 726 g/mol. The Morgan fingerprint density at radius 1 is 0.904 bits per heavy atom. The molecule has 0 amide bonds. The third kappa shape index (κ3) is 5.48. The maximum absolute atomic E-state index is 14.7. The average molecular weight is 727 g/mol. The third-order valence-electron chi connectivity index (χ3n) is 17.2. The lowest BCUT2D eigenvalue weighted by molar-refractivity contribution is -0.248. The number of likely N-dealkylation sites (tertiary alicyclic amines) is 1. The summed E-state index contributed by atoms with van der Waals surface area (Å²) in [4.78, 5) is 31.9. The van der Waals surface area contributed by atoms with Crippen molar-refractivity contribution in [1.82, 2.24) is 9.80 Å². The molecule has 10 nitrogen and oxygen atoms in total. The topological polar surface area (TPSA) is 107 Å². The van der Waals surface area contributed by atoms with Gasteiger partial charge >= 0.3 is 5.97 Å². The summed E-state index contributed by atoms with van der Waals surface area (Å²) in [5, 5.41) is 10.9. The smallest absolute Gasteiger partial charge is 0.303 e. The Morgan fingerprint density at radius 2 is 1.65 bits per heavy atom. The average Bonchev–Trinajstić information content (AvgIpc) is 3.69. The first kappa shape index (κ1) is 36.5. The molecule has 52 heavy (non-hydrogen) atoms. The van der Waals surface area contributed by atoms with Crippen LogP contribution in [0.3, 0.4) is 0 Å². The second kappa shape index (κ2) is 12.7. The molecule has 0 bridgehead atoms. The Balaban J connectivity index is 0.865. The minimum Gasteiger partial charge on any atom is -0.457 e. The highest BCUT2D eigenvalue weighted by molar-refractivity contribution is 5.90. The molecule has 4 aliphatic heterocycles. The van der Waals surface area contributed by atoms with E-state index in [1.54, 1.807) is 13.8 Å². The van der Waals surface area contributed by atoms with Crippen LogP contribution in [-0.4, -0.2) is 121 Å². The summed E-state index contributed by atoms with van der Waals surface area (Å²) < 4.78 is 31.1. The van der Waals surface area contributed by atoms with Crippen molar-refractivity contribution in [2.24, 2.45) is 45.3 Å². The molecule has 11 unspecified atom stereocenters. The summed E-state index contributed by atoms with van der Waals surface area (Å²) in [6, 6.07) is 1.25. The maximum atomic E-state index is 14.7. The fourth-order valence-corrected chi connectivity index (χ4v) is 14.6. The molecule has 0 aromatic heterocycles.